The Bertz CT molecular complexity index is 1200. The van der Waals surface area contributed by atoms with E-state index in [4.69, 9.17) is 23.2 Å². The molecular weight excluding hydrogens is 497 g/mol. The fraction of sp³-hybridized carbons (Fsp3) is 0.0526. The maximum atomic E-state index is 12.3. The van der Waals surface area contributed by atoms with Gasteiger partial charge in [-0.25, -0.2) is 14.6 Å². The lowest BCUT2D eigenvalue weighted by Gasteiger charge is -2.08. The number of halogens is 3. The molecule has 0 spiro atoms. The van der Waals surface area contributed by atoms with E-state index in [1.165, 1.54) is 18.1 Å². The summed E-state index contributed by atoms with van der Waals surface area (Å²) in [6, 6.07) is 12.7. The van der Waals surface area contributed by atoms with Crippen molar-refractivity contribution in [1.82, 2.24) is 19.7 Å². The van der Waals surface area contributed by atoms with Crippen molar-refractivity contribution in [2.24, 2.45) is 0 Å². The lowest BCUT2D eigenvalue weighted by molar-refractivity contribution is -0.113. The molecule has 0 bridgehead atoms. The molecule has 10 heteroatoms. The molecule has 0 aliphatic heterocycles. The fourth-order valence-corrected chi connectivity index (χ4v) is 3.98. The predicted molar refractivity (Wildman–Crippen MR) is 120 cm³/mol. The van der Waals surface area contributed by atoms with Crippen molar-refractivity contribution in [3.63, 3.8) is 0 Å². The molecule has 0 saturated carbocycles. The number of anilines is 1. The molecule has 0 saturated heterocycles. The van der Waals surface area contributed by atoms with Gasteiger partial charge >= 0.3 is 0 Å². The van der Waals surface area contributed by atoms with Crippen LogP contribution in [0, 0.1) is 0 Å². The second kappa shape index (κ2) is 8.71. The molecule has 1 N–H and O–H groups in total. The fourth-order valence-electron chi connectivity index (χ4n) is 2.62. The number of carbonyl (C=O) groups excluding carboxylic acids is 1. The summed E-state index contributed by atoms with van der Waals surface area (Å²) in [5.41, 5.74) is 2.02. The van der Waals surface area contributed by atoms with Gasteiger partial charge in [0.2, 0.25) is 5.91 Å². The molecule has 0 aliphatic carbocycles. The maximum Gasteiger partial charge on any atom is 0.234 e. The number of rotatable bonds is 5. The van der Waals surface area contributed by atoms with Crippen molar-refractivity contribution in [3.05, 3.63) is 69.5 Å². The molecule has 6 nitrogen and oxygen atoms in total. The van der Waals surface area contributed by atoms with Crippen LogP contribution in [0.3, 0.4) is 0 Å². The van der Waals surface area contributed by atoms with Crippen molar-refractivity contribution >= 4 is 73.5 Å². The lowest BCUT2D eigenvalue weighted by Crippen LogP contribution is -2.14. The van der Waals surface area contributed by atoms with Crippen LogP contribution in [0.15, 0.2) is 64.5 Å². The summed E-state index contributed by atoms with van der Waals surface area (Å²) < 4.78 is 2.72. The van der Waals surface area contributed by atoms with E-state index in [-0.39, 0.29) is 11.7 Å². The third-order valence-corrected chi connectivity index (χ3v) is 6.04. The number of aromatic nitrogens is 4. The lowest BCUT2D eigenvalue weighted by atomic mass is 10.3. The zero-order valence-electron chi connectivity index (χ0n) is 14.6. The molecule has 0 fully saturated rings. The van der Waals surface area contributed by atoms with E-state index in [0.717, 1.165) is 15.5 Å². The standard InChI is InChI=1S/C19H12BrCl2N5OS/c20-11-1-4-13(5-2-11)27-18-14(8-25-27)19(24-10-23-18)29-9-17(28)26-16-7-12(21)3-6-15(16)22/h1-8,10H,9H2,(H,26,28). The average molecular weight is 509 g/mol. The zero-order valence-corrected chi connectivity index (χ0v) is 18.6. The van der Waals surface area contributed by atoms with Crippen LogP contribution < -0.4 is 5.32 Å². The SMILES string of the molecule is O=C(CSc1ncnc2c1cnn2-c1ccc(Br)cc1)Nc1cc(Cl)ccc1Cl. The van der Waals surface area contributed by atoms with Gasteiger partial charge in [-0.15, -0.1) is 0 Å². The number of benzene rings is 2. The van der Waals surface area contributed by atoms with Crippen LogP contribution >= 0.6 is 50.9 Å². The zero-order chi connectivity index (χ0) is 20.4. The molecule has 0 radical (unpaired) electrons. The molecule has 29 heavy (non-hydrogen) atoms. The van der Waals surface area contributed by atoms with Gasteiger partial charge in [0, 0.05) is 9.50 Å². The van der Waals surface area contributed by atoms with E-state index >= 15 is 0 Å². The molecule has 1 amide bonds. The Kier molecular flexibility index (Phi) is 6.05. The highest BCUT2D eigenvalue weighted by Crippen LogP contribution is 2.28. The van der Waals surface area contributed by atoms with Gasteiger partial charge in [0.25, 0.3) is 0 Å². The summed E-state index contributed by atoms with van der Waals surface area (Å²) in [7, 11) is 0. The minimum atomic E-state index is -0.216. The molecule has 146 valence electrons. The summed E-state index contributed by atoms with van der Waals surface area (Å²) >= 11 is 16.8. The summed E-state index contributed by atoms with van der Waals surface area (Å²) in [6.45, 7) is 0. The Labute approximate surface area is 188 Å². The molecule has 2 aromatic heterocycles. The number of carbonyl (C=O) groups is 1. The smallest absolute Gasteiger partial charge is 0.234 e. The Morgan fingerprint density at radius 3 is 2.72 bits per heavy atom. The van der Waals surface area contributed by atoms with Crippen LogP contribution in [0.4, 0.5) is 5.69 Å². The normalized spacial score (nSPS) is 11.0. The molecule has 4 rings (SSSR count). The highest BCUT2D eigenvalue weighted by Gasteiger charge is 2.14. The van der Waals surface area contributed by atoms with Crippen molar-refractivity contribution in [1.29, 1.82) is 0 Å². The van der Waals surface area contributed by atoms with Crippen molar-refractivity contribution < 1.29 is 4.79 Å². The second-order valence-corrected chi connectivity index (χ2v) is 8.63. The van der Waals surface area contributed by atoms with Gasteiger partial charge in [-0.3, -0.25) is 4.79 Å². The molecule has 2 heterocycles. The molecule has 0 atom stereocenters. The Hall–Kier alpha value is -2.13. The van der Waals surface area contributed by atoms with Crippen LogP contribution in [-0.4, -0.2) is 31.4 Å². The van der Waals surface area contributed by atoms with E-state index in [9.17, 15) is 4.79 Å². The van der Waals surface area contributed by atoms with Gasteiger partial charge in [0.15, 0.2) is 5.65 Å². The van der Waals surface area contributed by atoms with E-state index in [1.807, 2.05) is 24.3 Å². The van der Waals surface area contributed by atoms with Crippen LogP contribution in [0.1, 0.15) is 0 Å². The number of thioether (sulfide) groups is 1. The number of hydrogen-bond donors (Lipinski definition) is 1. The molecule has 2 aromatic carbocycles. The second-order valence-electron chi connectivity index (χ2n) is 5.91. The summed E-state index contributed by atoms with van der Waals surface area (Å²) in [6.07, 6.45) is 3.17. The van der Waals surface area contributed by atoms with Gasteiger partial charge in [-0.2, -0.15) is 5.10 Å². The molecular formula is C19H12BrCl2N5OS. The first-order valence-corrected chi connectivity index (χ1v) is 10.9. The van der Waals surface area contributed by atoms with Gasteiger partial charge in [-0.1, -0.05) is 50.9 Å². The van der Waals surface area contributed by atoms with Crippen molar-refractivity contribution in [2.45, 2.75) is 5.03 Å². The van der Waals surface area contributed by atoms with Gasteiger partial charge in [0.05, 0.1) is 33.7 Å². The first kappa shape index (κ1) is 20.2. The average Bonchev–Trinajstić information content (AvgIpc) is 3.14. The van der Waals surface area contributed by atoms with Crippen LogP contribution in [0.25, 0.3) is 16.7 Å². The number of nitrogens with zero attached hydrogens (tertiary/aromatic N) is 4. The van der Waals surface area contributed by atoms with Gasteiger partial charge in [-0.05, 0) is 42.5 Å². The highest BCUT2D eigenvalue weighted by molar-refractivity contribution is 9.10. The van der Waals surface area contributed by atoms with E-state index in [2.05, 4.69) is 36.3 Å². The summed E-state index contributed by atoms with van der Waals surface area (Å²) in [5, 5.41) is 9.55. The largest absolute Gasteiger partial charge is 0.324 e. The van der Waals surface area contributed by atoms with Crippen molar-refractivity contribution in [2.75, 3.05) is 11.1 Å². The van der Waals surface area contributed by atoms with E-state index in [0.29, 0.717) is 26.4 Å². The number of nitrogens with one attached hydrogen (secondary N) is 1. The Morgan fingerprint density at radius 1 is 1.14 bits per heavy atom. The quantitative estimate of drug-likeness (QED) is 0.280. The summed E-state index contributed by atoms with van der Waals surface area (Å²) in [5.74, 6) is -0.0652. The van der Waals surface area contributed by atoms with Crippen molar-refractivity contribution in [3.8, 4) is 5.69 Å². The maximum absolute atomic E-state index is 12.3. The van der Waals surface area contributed by atoms with Gasteiger partial charge < -0.3 is 5.32 Å². The molecule has 0 unspecified atom stereocenters. The highest BCUT2D eigenvalue weighted by atomic mass is 79.9. The predicted octanol–water partition coefficient (Wildman–Crippen LogP) is 5.62. The minimum absolute atomic E-state index is 0.151. The summed E-state index contributed by atoms with van der Waals surface area (Å²) in [4.78, 5) is 21.0. The molecule has 4 aromatic rings. The van der Waals surface area contributed by atoms with Crippen LogP contribution in [0.5, 0.6) is 0 Å². The first-order chi connectivity index (χ1) is 14.0. The van der Waals surface area contributed by atoms with E-state index in [1.54, 1.807) is 29.1 Å². The third-order valence-electron chi connectivity index (χ3n) is 3.94. The number of hydrogen-bond acceptors (Lipinski definition) is 5. The minimum Gasteiger partial charge on any atom is -0.324 e. The Morgan fingerprint density at radius 2 is 1.93 bits per heavy atom. The monoisotopic (exact) mass is 507 g/mol. The van der Waals surface area contributed by atoms with Gasteiger partial charge in [0.1, 0.15) is 11.4 Å². The molecule has 0 aliphatic rings. The van der Waals surface area contributed by atoms with Crippen LogP contribution in [0.2, 0.25) is 10.0 Å². The third kappa shape index (κ3) is 4.56. The van der Waals surface area contributed by atoms with Crippen LogP contribution in [-0.2, 0) is 4.79 Å². The number of amides is 1. The number of fused-ring (bicyclic) bond motifs is 1. The topological polar surface area (TPSA) is 72.7 Å². The first-order valence-electron chi connectivity index (χ1n) is 8.33. The van der Waals surface area contributed by atoms with E-state index < -0.39 is 0 Å². The Balaban J connectivity index is 1.52.